The molecule has 19 heavy (non-hydrogen) atoms. The minimum atomic E-state index is -3.88. The summed E-state index contributed by atoms with van der Waals surface area (Å²) in [4.78, 5) is 0. The summed E-state index contributed by atoms with van der Waals surface area (Å²) in [5.74, 6) is 0.131. The normalized spacial score (nSPS) is 26.6. The molecule has 0 radical (unpaired) electrons. The average Bonchev–Trinajstić information content (AvgIpc) is 2.83. The first-order valence-electron chi connectivity index (χ1n) is 5.69. The third-order valence-electron chi connectivity index (χ3n) is 2.99. The SMILES string of the molecule is CC1(NS(=O)(=O)c2ccc(CN)o2)CCS(=O)(=O)C1. The summed E-state index contributed by atoms with van der Waals surface area (Å²) in [6.07, 6.45) is 0.249. The zero-order valence-corrected chi connectivity index (χ0v) is 12.1. The zero-order valence-electron chi connectivity index (χ0n) is 10.4. The minimum absolute atomic E-state index is 0.0157. The van der Waals surface area contributed by atoms with Gasteiger partial charge in [-0.25, -0.2) is 21.6 Å². The second-order valence-corrected chi connectivity index (χ2v) is 8.73. The standard InChI is InChI=1S/C10H16N2O5S2/c1-10(4-5-18(13,14)7-10)12-19(15,16)9-3-2-8(6-11)17-9/h2-3,12H,4-7,11H2,1H3. The Morgan fingerprint density at radius 1 is 1.47 bits per heavy atom. The molecule has 1 aliphatic rings. The van der Waals surface area contributed by atoms with Gasteiger partial charge in [0.15, 0.2) is 9.84 Å². The van der Waals surface area contributed by atoms with Crippen LogP contribution in [0.25, 0.3) is 0 Å². The molecule has 3 N–H and O–H groups in total. The third-order valence-corrected chi connectivity index (χ3v) is 6.40. The molecule has 1 aromatic heterocycles. The summed E-state index contributed by atoms with van der Waals surface area (Å²) in [6, 6.07) is 2.78. The third kappa shape index (κ3) is 3.16. The van der Waals surface area contributed by atoms with Crippen molar-refractivity contribution in [3.05, 3.63) is 17.9 Å². The molecule has 1 atom stereocenters. The van der Waals surface area contributed by atoms with Crippen molar-refractivity contribution in [3.8, 4) is 0 Å². The van der Waals surface area contributed by atoms with Gasteiger partial charge in [0.1, 0.15) is 5.76 Å². The van der Waals surface area contributed by atoms with E-state index in [1.54, 1.807) is 6.92 Å². The lowest BCUT2D eigenvalue weighted by atomic mass is 10.0. The number of sulfone groups is 1. The van der Waals surface area contributed by atoms with Gasteiger partial charge >= 0.3 is 0 Å². The van der Waals surface area contributed by atoms with Crippen LogP contribution in [0.15, 0.2) is 21.6 Å². The second-order valence-electron chi connectivity index (χ2n) is 4.93. The van der Waals surface area contributed by atoms with E-state index in [9.17, 15) is 16.8 Å². The van der Waals surface area contributed by atoms with Gasteiger partial charge < -0.3 is 10.2 Å². The summed E-state index contributed by atoms with van der Waals surface area (Å²) in [5.41, 5.74) is 4.35. The van der Waals surface area contributed by atoms with Gasteiger partial charge in [-0.1, -0.05) is 0 Å². The van der Waals surface area contributed by atoms with Gasteiger partial charge in [-0.2, -0.15) is 0 Å². The molecule has 1 aliphatic heterocycles. The van der Waals surface area contributed by atoms with Crippen molar-refractivity contribution >= 4 is 19.9 Å². The maximum absolute atomic E-state index is 12.1. The highest BCUT2D eigenvalue weighted by molar-refractivity contribution is 7.92. The fourth-order valence-electron chi connectivity index (χ4n) is 2.08. The molecule has 1 unspecified atom stereocenters. The maximum atomic E-state index is 12.1. The lowest BCUT2D eigenvalue weighted by Gasteiger charge is -2.22. The molecular formula is C10H16N2O5S2. The highest BCUT2D eigenvalue weighted by atomic mass is 32.2. The number of nitrogens with two attached hydrogens (primary N) is 1. The van der Waals surface area contributed by atoms with Crippen molar-refractivity contribution in [2.75, 3.05) is 11.5 Å². The van der Waals surface area contributed by atoms with Crippen LogP contribution in [-0.2, 0) is 26.4 Å². The van der Waals surface area contributed by atoms with Gasteiger partial charge in [0.05, 0.1) is 18.1 Å². The molecule has 0 saturated carbocycles. The summed E-state index contributed by atoms with van der Waals surface area (Å²) >= 11 is 0. The molecule has 108 valence electrons. The van der Waals surface area contributed by atoms with Crippen molar-refractivity contribution in [1.29, 1.82) is 0 Å². The number of hydrogen-bond acceptors (Lipinski definition) is 6. The van der Waals surface area contributed by atoms with Crippen LogP contribution in [-0.4, -0.2) is 33.9 Å². The molecule has 0 aliphatic carbocycles. The van der Waals surface area contributed by atoms with E-state index in [0.717, 1.165) is 0 Å². The minimum Gasteiger partial charge on any atom is -0.447 e. The van der Waals surface area contributed by atoms with Gasteiger partial charge in [0.2, 0.25) is 5.09 Å². The summed E-state index contributed by atoms with van der Waals surface area (Å²) < 4.78 is 54.6. The largest absolute Gasteiger partial charge is 0.447 e. The molecule has 1 fully saturated rings. The molecule has 9 heteroatoms. The lowest BCUT2D eigenvalue weighted by molar-refractivity contribution is 0.399. The van der Waals surface area contributed by atoms with Crippen LogP contribution >= 0.6 is 0 Å². The van der Waals surface area contributed by atoms with Crippen LogP contribution in [0.4, 0.5) is 0 Å². The van der Waals surface area contributed by atoms with E-state index in [4.69, 9.17) is 10.2 Å². The molecule has 0 amide bonds. The summed E-state index contributed by atoms with van der Waals surface area (Å²) in [7, 11) is -7.06. The topological polar surface area (TPSA) is 119 Å². The van der Waals surface area contributed by atoms with Gasteiger partial charge in [-0.3, -0.25) is 0 Å². The zero-order chi connectivity index (χ0) is 14.3. The quantitative estimate of drug-likeness (QED) is 0.780. The van der Waals surface area contributed by atoms with Gasteiger partial charge in [-0.05, 0) is 25.5 Å². The Hall–Kier alpha value is -0.900. The summed E-state index contributed by atoms with van der Waals surface area (Å²) in [5, 5.41) is -0.251. The first-order chi connectivity index (χ1) is 8.66. The van der Waals surface area contributed by atoms with Gasteiger partial charge in [0.25, 0.3) is 10.0 Å². The lowest BCUT2D eigenvalue weighted by Crippen LogP contribution is -2.46. The van der Waals surface area contributed by atoms with Crippen LogP contribution < -0.4 is 10.5 Å². The second kappa shape index (κ2) is 4.58. The molecule has 7 nitrogen and oxygen atoms in total. The molecule has 0 aromatic carbocycles. The smallest absolute Gasteiger partial charge is 0.274 e. The maximum Gasteiger partial charge on any atom is 0.274 e. The van der Waals surface area contributed by atoms with E-state index < -0.39 is 25.4 Å². The van der Waals surface area contributed by atoms with Crippen molar-refractivity contribution in [2.45, 2.75) is 30.5 Å². The number of rotatable bonds is 4. The molecule has 1 aromatic rings. The van der Waals surface area contributed by atoms with Gasteiger partial charge in [0, 0.05) is 5.54 Å². The van der Waals surface area contributed by atoms with Crippen molar-refractivity contribution in [2.24, 2.45) is 5.73 Å². The first-order valence-corrected chi connectivity index (χ1v) is 8.99. The fourth-order valence-corrected chi connectivity index (χ4v) is 5.65. The average molecular weight is 308 g/mol. The van der Waals surface area contributed by atoms with Crippen LogP contribution in [0, 0.1) is 0 Å². The predicted octanol–water partition coefficient (Wildman–Crippen LogP) is -0.406. The molecule has 0 bridgehead atoms. The Morgan fingerprint density at radius 2 is 2.16 bits per heavy atom. The van der Waals surface area contributed by atoms with Gasteiger partial charge in [-0.15, -0.1) is 0 Å². The van der Waals surface area contributed by atoms with Crippen LogP contribution in [0.1, 0.15) is 19.1 Å². The van der Waals surface area contributed by atoms with Crippen LogP contribution in [0.2, 0.25) is 0 Å². The van der Waals surface area contributed by atoms with Crippen molar-refractivity contribution in [1.82, 2.24) is 4.72 Å². The number of sulfonamides is 1. The Balaban J connectivity index is 2.23. The van der Waals surface area contributed by atoms with Crippen LogP contribution in [0.3, 0.4) is 0 Å². The predicted molar refractivity (Wildman–Crippen MR) is 68.6 cm³/mol. The molecule has 2 rings (SSSR count). The Morgan fingerprint density at radius 3 is 2.63 bits per heavy atom. The van der Waals surface area contributed by atoms with E-state index in [0.29, 0.717) is 5.76 Å². The highest BCUT2D eigenvalue weighted by Crippen LogP contribution is 2.25. The first kappa shape index (κ1) is 14.5. The molecule has 1 saturated heterocycles. The molecule has 0 spiro atoms. The molecular weight excluding hydrogens is 292 g/mol. The van der Waals surface area contributed by atoms with E-state index >= 15 is 0 Å². The highest BCUT2D eigenvalue weighted by Gasteiger charge is 2.42. The number of nitrogens with one attached hydrogen (secondary N) is 1. The number of hydrogen-bond donors (Lipinski definition) is 2. The monoisotopic (exact) mass is 308 g/mol. The number of furan rings is 1. The van der Waals surface area contributed by atoms with Crippen LogP contribution in [0.5, 0.6) is 0 Å². The van der Waals surface area contributed by atoms with E-state index in [2.05, 4.69) is 4.72 Å². The Bertz CT molecular complexity index is 677. The Kier molecular flexibility index (Phi) is 3.50. The Labute approximate surface area is 112 Å². The van der Waals surface area contributed by atoms with E-state index in [1.807, 2.05) is 0 Å². The molecule has 2 heterocycles. The van der Waals surface area contributed by atoms with E-state index in [-0.39, 0.29) is 29.6 Å². The summed E-state index contributed by atoms with van der Waals surface area (Å²) in [6.45, 7) is 1.67. The van der Waals surface area contributed by atoms with E-state index in [1.165, 1.54) is 12.1 Å². The van der Waals surface area contributed by atoms with Crippen molar-refractivity contribution < 1.29 is 21.3 Å². The fraction of sp³-hybridized carbons (Fsp3) is 0.600. The van der Waals surface area contributed by atoms with Crippen molar-refractivity contribution in [3.63, 3.8) is 0 Å².